The monoisotopic (exact) mass is 364 g/mol. The van der Waals surface area contributed by atoms with Gasteiger partial charge in [0.15, 0.2) is 0 Å². The van der Waals surface area contributed by atoms with Crippen molar-refractivity contribution in [2.75, 3.05) is 0 Å². The van der Waals surface area contributed by atoms with Gasteiger partial charge in [0.05, 0.1) is 0 Å². The number of unbranched alkanes of at least 4 members (excludes halogenated alkanes) is 15. The van der Waals surface area contributed by atoms with Crippen molar-refractivity contribution in [3.8, 4) is 0 Å². The molecule has 154 valence electrons. The predicted molar refractivity (Wildman–Crippen MR) is 118 cm³/mol. The summed E-state index contributed by atoms with van der Waals surface area (Å²) >= 11 is 0. The number of rotatable bonds is 20. The van der Waals surface area contributed by atoms with E-state index in [0.29, 0.717) is 5.78 Å². The van der Waals surface area contributed by atoms with Crippen LogP contribution < -0.4 is 0 Å². The second-order valence-electron chi connectivity index (χ2n) is 8.17. The van der Waals surface area contributed by atoms with Gasteiger partial charge in [0.2, 0.25) is 0 Å². The molecule has 0 aliphatic heterocycles. The molecule has 0 aliphatic carbocycles. The van der Waals surface area contributed by atoms with E-state index in [9.17, 15) is 4.79 Å². The lowest BCUT2D eigenvalue weighted by molar-refractivity contribution is -0.121. The van der Waals surface area contributed by atoms with Crippen LogP contribution in [0.2, 0.25) is 0 Å². The minimum absolute atomic E-state index is 0.119. The summed E-state index contributed by atoms with van der Waals surface area (Å²) in [6.07, 6.45) is 27.7. The highest BCUT2D eigenvalue weighted by Crippen LogP contribution is 2.14. The summed E-state index contributed by atoms with van der Waals surface area (Å²) in [6, 6.07) is 0. The molecule has 0 aromatic carbocycles. The van der Waals surface area contributed by atoms with E-state index in [2.05, 4.69) is 32.9 Å². The second-order valence-corrected chi connectivity index (χ2v) is 8.17. The largest absolute Gasteiger partial charge is 0.299 e. The quantitative estimate of drug-likeness (QED) is 0.156. The van der Waals surface area contributed by atoms with Crippen LogP contribution >= 0.6 is 0 Å². The lowest BCUT2D eigenvalue weighted by Gasteiger charge is -2.06. The molecule has 0 aromatic rings. The smallest absolute Gasteiger partial charge is 0.139 e. The first-order valence-electron chi connectivity index (χ1n) is 11.9. The van der Waals surface area contributed by atoms with Crippen molar-refractivity contribution < 1.29 is 4.79 Å². The van der Waals surface area contributed by atoms with Crippen LogP contribution in [0.4, 0.5) is 0 Å². The summed E-state index contributed by atoms with van der Waals surface area (Å²) in [5.74, 6) is 0.552. The highest BCUT2D eigenvalue weighted by molar-refractivity contribution is 5.82. The lowest BCUT2D eigenvalue weighted by atomic mass is 9.99. The summed E-state index contributed by atoms with van der Waals surface area (Å²) in [5.41, 5.74) is 0. The van der Waals surface area contributed by atoms with Crippen LogP contribution in [0.3, 0.4) is 0 Å². The first-order valence-corrected chi connectivity index (χ1v) is 11.9. The highest BCUT2D eigenvalue weighted by atomic mass is 16.1. The lowest BCUT2D eigenvalue weighted by Crippen LogP contribution is -2.07. The third-order valence-corrected chi connectivity index (χ3v) is 5.43. The van der Waals surface area contributed by atoms with Gasteiger partial charge in [-0.05, 0) is 19.3 Å². The summed E-state index contributed by atoms with van der Waals surface area (Å²) in [7, 11) is 0. The van der Waals surface area contributed by atoms with Crippen LogP contribution in [0.15, 0.2) is 12.2 Å². The van der Waals surface area contributed by atoms with E-state index in [0.717, 1.165) is 19.3 Å². The van der Waals surface area contributed by atoms with Gasteiger partial charge in [0.1, 0.15) is 5.78 Å². The molecular formula is C25H48O. The van der Waals surface area contributed by atoms with Crippen molar-refractivity contribution in [2.24, 2.45) is 5.92 Å². The van der Waals surface area contributed by atoms with Crippen molar-refractivity contribution >= 4 is 5.78 Å². The van der Waals surface area contributed by atoms with Crippen molar-refractivity contribution in [2.45, 2.75) is 136 Å². The molecule has 0 spiro atoms. The van der Waals surface area contributed by atoms with E-state index < -0.39 is 0 Å². The van der Waals surface area contributed by atoms with Crippen LogP contribution in [0, 0.1) is 5.92 Å². The fourth-order valence-corrected chi connectivity index (χ4v) is 3.46. The standard InChI is InChI=1S/C25H48O/c1-4-6-8-10-12-13-14-15-16-17-19-21-23-25(26)24(3)22-20-18-11-9-7-5-2/h20,22,24H,4-19,21,23H2,1-3H3. The van der Waals surface area contributed by atoms with Crippen LogP contribution in [0.1, 0.15) is 136 Å². The van der Waals surface area contributed by atoms with Crippen LogP contribution in [0.25, 0.3) is 0 Å². The molecule has 0 radical (unpaired) electrons. The fourth-order valence-electron chi connectivity index (χ4n) is 3.46. The summed E-state index contributed by atoms with van der Waals surface area (Å²) in [5, 5.41) is 0. The molecule has 0 heterocycles. The first kappa shape index (κ1) is 25.4. The average molecular weight is 365 g/mol. The van der Waals surface area contributed by atoms with Crippen LogP contribution in [0.5, 0.6) is 0 Å². The zero-order valence-corrected chi connectivity index (χ0v) is 18.4. The van der Waals surface area contributed by atoms with E-state index in [4.69, 9.17) is 0 Å². The maximum Gasteiger partial charge on any atom is 0.139 e. The van der Waals surface area contributed by atoms with E-state index in [-0.39, 0.29) is 5.92 Å². The highest BCUT2D eigenvalue weighted by Gasteiger charge is 2.08. The molecule has 0 N–H and O–H groups in total. The van der Waals surface area contributed by atoms with Gasteiger partial charge in [-0.1, -0.05) is 123 Å². The Balaban J connectivity index is 3.38. The Hall–Kier alpha value is -0.590. The minimum atomic E-state index is 0.119. The normalized spacial score (nSPS) is 12.7. The number of ketones is 1. The maximum atomic E-state index is 12.1. The minimum Gasteiger partial charge on any atom is -0.299 e. The Morgan fingerprint density at radius 2 is 1.08 bits per heavy atom. The van der Waals surface area contributed by atoms with E-state index in [1.165, 1.54) is 96.3 Å². The van der Waals surface area contributed by atoms with E-state index in [1.807, 2.05) is 0 Å². The van der Waals surface area contributed by atoms with Gasteiger partial charge in [-0.2, -0.15) is 0 Å². The van der Waals surface area contributed by atoms with Gasteiger partial charge in [-0.15, -0.1) is 0 Å². The SMILES string of the molecule is CCCCCCC=CC(C)C(=O)CCCCCCCCCCCCCC. The first-order chi connectivity index (χ1) is 12.7. The number of allylic oxidation sites excluding steroid dienone is 2. The van der Waals surface area contributed by atoms with Gasteiger partial charge >= 0.3 is 0 Å². The Labute approximate surface area is 165 Å². The Bertz CT molecular complexity index is 318. The molecule has 1 nitrogen and oxygen atoms in total. The van der Waals surface area contributed by atoms with Gasteiger partial charge in [0, 0.05) is 12.3 Å². The molecule has 0 bridgehead atoms. The van der Waals surface area contributed by atoms with E-state index in [1.54, 1.807) is 0 Å². The predicted octanol–water partition coefficient (Wildman–Crippen LogP) is 8.81. The molecule has 0 fully saturated rings. The van der Waals surface area contributed by atoms with Crippen molar-refractivity contribution in [3.05, 3.63) is 12.2 Å². The second kappa shape index (κ2) is 20.7. The summed E-state index contributed by atoms with van der Waals surface area (Å²) in [6.45, 7) is 6.58. The van der Waals surface area contributed by atoms with Crippen LogP contribution in [-0.4, -0.2) is 5.78 Å². The average Bonchev–Trinajstić information content (AvgIpc) is 2.65. The number of carbonyl (C=O) groups excluding carboxylic acids is 1. The maximum absolute atomic E-state index is 12.1. The summed E-state index contributed by atoms with van der Waals surface area (Å²) in [4.78, 5) is 12.1. The van der Waals surface area contributed by atoms with E-state index >= 15 is 0 Å². The third kappa shape index (κ3) is 18.2. The fraction of sp³-hybridized carbons (Fsp3) is 0.880. The molecule has 1 unspecified atom stereocenters. The van der Waals surface area contributed by atoms with Crippen molar-refractivity contribution in [1.29, 1.82) is 0 Å². The number of carbonyl (C=O) groups is 1. The Morgan fingerprint density at radius 3 is 1.58 bits per heavy atom. The molecule has 0 amide bonds. The Kier molecular flexibility index (Phi) is 20.2. The molecule has 0 saturated heterocycles. The van der Waals surface area contributed by atoms with Gasteiger partial charge < -0.3 is 0 Å². The number of hydrogen-bond acceptors (Lipinski definition) is 1. The molecule has 0 saturated carbocycles. The molecule has 26 heavy (non-hydrogen) atoms. The van der Waals surface area contributed by atoms with Crippen molar-refractivity contribution in [1.82, 2.24) is 0 Å². The number of hydrogen-bond donors (Lipinski definition) is 0. The number of Topliss-reactive ketones (excluding diaryl/α,β-unsaturated/α-hetero) is 1. The van der Waals surface area contributed by atoms with Gasteiger partial charge in [-0.25, -0.2) is 0 Å². The molecule has 1 atom stereocenters. The van der Waals surface area contributed by atoms with Gasteiger partial charge in [0.25, 0.3) is 0 Å². The van der Waals surface area contributed by atoms with Gasteiger partial charge in [-0.3, -0.25) is 4.79 Å². The zero-order chi connectivity index (χ0) is 19.3. The van der Waals surface area contributed by atoms with Crippen molar-refractivity contribution in [3.63, 3.8) is 0 Å². The molecular weight excluding hydrogens is 316 g/mol. The molecule has 0 aromatic heterocycles. The Morgan fingerprint density at radius 1 is 0.654 bits per heavy atom. The zero-order valence-electron chi connectivity index (χ0n) is 18.4. The van der Waals surface area contributed by atoms with Crippen LogP contribution in [-0.2, 0) is 4.79 Å². The third-order valence-electron chi connectivity index (χ3n) is 5.43. The molecule has 1 heteroatoms. The topological polar surface area (TPSA) is 17.1 Å². The summed E-state index contributed by atoms with van der Waals surface area (Å²) < 4.78 is 0. The molecule has 0 rings (SSSR count). The molecule has 0 aliphatic rings.